The molecule has 0 aromatic carbocycles. The summed E-state index contributed by atoms with van der Waals surface area (Å²) in [6, 6.07) is 0.672. The summed E-state index contributed by atoms with van der Waals surface area (Å²) in [4.78, 5) is 2.71. The van der Waals surface area contributed by atoms with Crippen LogP contribution in [0.5, 0.6) is 0 Å². The highest BCUT2D eigenvalue weighted by atomic mass is 15.2. The summed E-state index contributed by atoms with van der Waals surface area (Å²) in [5, 5.41) is 0. The maximum Gasteiger partial charge on any atom is 0.0221 e. The SMILES string of the molecule is CCCC1CCN(C(CN)CC2CCCCC2)CC1. The van der Waals surface area contributed by atoms with E-state index >= 15 is 0 Å². The largest absolute Gasteiger partial charge is 0.329 e. The molecule has 0 spiro atoms. The fourth-order valence-electron chi connectivity index (χ4n) is 4.22. The van der Waals surface area contributed by atoms with Gasteiger partial charge in [-0.2, -0.15) is 0 Å². The Morgan fingerprint density at radius 3 is 2.26 bits per heavy atom. The molecule has 2 nitrogen and oxygen atoms in total. The lowest BCUT2D eigenvalue weighted by atomic mass is 9.83. The lowest BCUT2D eigenvalue weighted by Crippen LogP contribution is -2.46. The molecule has 2 aliphatic rings. The summed E-state index contributed by atoms with van der Waals surface area (Å²) >= 11 is 0. The highest BCUT2D eigenvalue weighted by Crippen LogP contribution is 2.30. The minimum atomic E-state index is 0.672. The Morgan fingerprint density at radius 1 is 1.00 bits per heavy atom. The van der Waals surface area contributed by atoms with E-state index in [1.807, 2.05) is 0 Å². The first-order chi connectivity index (χ1) is 9.33. The van der Waals surface area contributed by atoms with Crippen molar-refractivity contribution in [2.45, 2.75) is 77.2 Å². The molecule has 1 saturated heterocycles. The van der Waals surface area contributed by atoms with Gasteiger partial charge in [0.25, 0.3) is 0 Å². The van der Waals surface area contributed by atoms with Gasteiger partial charge in [0.1, 0.15) is 0 Å². The molecule has 1 heterocycles. The summed E-state index contributed by atoms with van der Waals surface area (Å²) in [5.74, 6) is 1.96. The minimum Gasteiger partial charge on any atom is -0.329 e. The molecular weight excluding hydrogens is 232 g/mol. The smallest absolute Gasteiger partial charge is 0.0221 e. The van der Waals surface area contributed by atoms with E-state index in [1.54, 1.807) is 0 Å². The normalized spacial score (nSPS) is 25.6. The van der Waals surface area contributed by atoms with Crippen LogP contribution in [0.1, 0.15) is 71.1 Å². The fourth-order valence-corrected chi connectivity index (χ4v) is 4.22. The Morgan fingerprint density at radius 2 is 1.68 bits per heavy atom. The van der Waals surface area contributed by atoms with Gasteiger partial charge in [0.2, 0.25) is 0 Å². The van der Waals surface area contributed by atoms with Crippen LogP contribution in [0.2, 0.25) is 0 Å². The number of rotatable bonds is 6. The maximum atomic E-state index is 6.07. The van der Waals surface area contributed by atoms with E-state index < -0.39 is 0 Å². The first-order valence-electron chi connectivity index (χ1n) is 8.77. The zero-order valence-corrected chi connectivity index (χ0v) is 12.9. The molecule has 0 aromatic heterocycles. The fraction of sp³-hybridized carbons (Fsp3) is 1.00. The van der Waals surface area contributed by atoms with Gasteiger partial charge < -0.3 is 5.73 Å². The molecule has 0 amide bonds. The Kier molecular flexibility index (Phi) is 6.66. The molecule has 1 saturated carbocycles. The molecule has 0 radical (unpaired) electrons. The van der Waals surface area contributed by atoms with E-state index in [4.69, 9.17) is 5.73 Å². The Hall–Kier alpha value is -0.0800. The standard InChI is InChI=1S/C17H34N2/c1-2-6-15-9-11-19(12-10-15)17(14-18)13-16-7-4-3-5-8-16/h15-17H,2-14,18H2,1H3. The van der Waals surface area contributed by atoms with Crippen LogP contribution in [0.4, 0.5) is 0 Å². The van der Waals surface area contributed by atoms with Crippen LogP contribution in [0, 0.1) is 11.8 Å². The molecule has 2 rings (SSSR count). The third kappa shape index (κ3) is 4.75. The van der Waals surface area contributed by atoms with Crippen LogP contribution in [0.25, 0.3) is 0 Å². The van der Waals surface area contributed by atoms with Crippen molar-refractivity contribution in [2.75, 3.05) is 19.6 Å². The predicted molar refractivity (Wildman–Crippen MR) is 83.2 cm³/mol. The summed E-state index contributed by atoms with van der Waals surface area (Å²) in [7, 11) is 0. The number of piperidine rings is 1. The van der Waals surface area contributed by atoms with Gasteiger partial charge in [0.05, 0.1) is 0 Å². The van der Waals surface area contributed by atoms with Crippen molar-refractivity contribution >= 4 is 0 Å². The van der Waals surface area contributed by atoms with Crippen LogP contribution in [0.3, 0.4) is 0 Å². The molecule has 1 aliphatic carbocycles. The van der Waals surface area contributed by atoms with Gasteiger partial charge in [-0.15, -0.1) is 0 Å². The zero-order chi connectivity index (χ0) is 13.5. The zero-order valence-electron chi connectivity index (χ0n) is 12.9. The Labute approximate surface area is 120 Å². The molecule has 2 fully saturated rings. The lowest BCUT2D eigenvalue weighted by molar-refractivity contribution is 0.109. The molecule has 0 bridgehead atoms. The second-order valence-electron chi connectivity index (χ2n) is 6.90. The van der Waals surface area contributed by atoms with Crippen molar-refractivity contribution in [2.24, 2.45) is 17.6 Å². The molecular formula is C17H34N2. The van der Waals surface area contributed by atoms with Crippen LogP contribution < -0.4 is 5.73 Å². The number of nitrogens with two attached hydrogens (primary N) is 1. The average molecular weight is 266 g/mol. The third-order valence-electron chi connectivity index (χ3n) is 5.46. The monoisotopic (exact) mass is 266 g/mol. The molecule has 19 heavy (non-hydrogen) atoms. The quantitative estimate of drug-likeness (QED) is 0.792. The summed E-state index contributed by atoms with van der Waals surface area (Å²) in [5.41, 5.74) is 6.07. The summed E-state index contributed by atoms with van der Waals surface area (Å²) in [6.45, 7) is 5.80. The van der Waals surface area contributed by atoms with Crippen molar-refractivity contribution in [3.05, 3.63) is 0 Å². The van der Waals surface area contributed by atoms with Crippen molar-refractivity contribution in [1.29, 1.82) is 0 Å². The highest BCUT2D eigenvalue weighted by molar-refractivity contribution is 4.82. The molecule has 1 aliphatic heterocycles. The van der Waals surface area contributed by atoms with E-state index in [9.17, 15) is 0 Å². The van der Waals surface area contributed by atoms with E-state index in [0.717, 1.165) is 18.4 Å². The molecule has 1 unspecified atom stereocenters. The minimum absolute atomic E-state index is 0.672. The molecule has 2 heteroatoms. The number of nitrogens with zero attached hydrogens (tertiary/aromatic N) is 1. The number of hydrogen-bond acceptors (Lipinski definition) is 2. The van der Waals surface area contributed by atoms with Crippen molar-refractivity contribution < 1.29 is 0 Å². The van der Waals surface area contributed by atoms with Crippen molar-refractivity contribution in [1.82, 2.24) is 4.90 Å². The third-order valence-corrected chi connectivity index (χ3v) is 5.46. The molecule has 112 valence electrons. The first kappa shape index (κ1) is 15.3. The van der Waals surface area contributed by atoms with Gasteiger partial charge in [0, 0.05) is 12.6 Å². The maximum absolute atomic E-state index is 6.07. The van der Waals surface area contributed by atoms with Crippen molar-refractivity contribution in [3.8, 4) is 0 Å². The Balaban J connectivity index is 1.75. The lowest BCUT2D eigenvalue weighted by Gasteiger charge is -2.39. The predicted octanol–water partition coefficient (Wildman–Crippen LogP) is 3.80. The van der Waals surface area contributed by atoms with Gasteiger partial charge in [-0.1, -0.05) is 51.9 Å². The van der Waals surface area contributed by atoms with Gasteiger partial charge in [0.15, 0.2) is 0 Å². The average Bonchev–Trinajstić information content (AvgIpc) is 2.47. The highest BCUT2D eigenvalue weighted by Gasteiger charge is 2.26. The van der Waals surface area contributed by atoms with Crippen LogP contribution in [0.15, 0.2) is 0 Å². The summed E-state index contributed by atoms with van der Waals surface area (Å²) in [6.07, 6.45) is 14.3. The second kappa shape index (κ2) is 8.26. The van der Waals surface area contributed by atoms with E-state index in [0.29, 0.717) is 6.04 Å². The van der Waals surface area contributed by atoms with Gasteiger partial charge in [-0.05, 0) is 44.2 Å². The second-order valence-corrected chi connectivity index (χ2v) is 6.90. The number of likely N-dealkylation sites (tertiary alicyclic amines) is 1. The number of hydrogen-bond donors (Lipinski definition) is 1. The molecule has 2 N–H and O–H groups in total. The topological polar surface area (TPSA) is 29.3 Å². The summed E-state index contributed by atoms with van der Waals surface area (Å²) < 4.78 is 0. The van der Waals surface area contributed by atoms with E-state index in [2.05, 4.69) is 11.8 Å². The van der Waals surface area contributed by atoms with E-state index in [1.165, 1.54) is 77.3 Å². The van der Waals surface area contributed by atoms with Gasteiger partial charge >= 0.3 is 0 Å². The van der Waals surface area contributed by atoms with Gasteiger partial charge in [-0.3, -0.25) is 4.90 Å². The Bertz CT molecular complexity index is 227. The van der Waals surface area contributed by atoms with Gasteiger partial charge in [-0.25, -0.2) is 0 Å². The molecule has 0 aromatic rings. The van der Waals surface area contributed by atoms with Crippen molar-refractivity contribution in [3.63, 3.8) is 0 Å². The molecule has 1 atom stereocenters. The van der Waals surface area contributed by atoms with Crippen LogP contribution in [-0.2, 0) is 0 Å². The first-order valence-corrected chi connectivity index (χ1v) is 8.77. The van der Waals surface area contributed by atoms with Crippen LogP contribution >= 0.6 is 0 Å². The van der Waals surface area contributed by atoms with E-state index in [-0.39, 0.29) is 0 Å². The van der Waals surface area contributed by atoms with Crippen LogP contribution in [-0.4, -0.2) is 30.6 Å².